The zero-order chi connectivity index (χ0) is 23.7. The van der Waals surface area contributed by atoms with E-state index in [1.54, 1.807) is 12.1 Å². The highest BCUT2D eigenvalue weighted by molar-refractivity contribution is 5.98. The van der Waals surface area contributed by atoms with E-state index in [1.165, 1.54) is 19.9 Å². The standard InChI is InChI=1S/C22H28F2N4O4/c1-4-9-26-19(31)17-21(2,3)22(23,24)12-28(17)20(32)16(29)11-27-18(30)14-6-5-7-15-13(14)8-10-25-15/h4-7,16-17,25,29H,1,8-12H2,2-3H3,(H,26,31)(H,27,30)/t16-,17+/m0/s1. The number of hydrogen-bond donors (Lipinski definition) is 4. The highest BCUT2D eigenvalue weighted by Gasteiger charge is 2.64. The highest BCUT2D eigenvalue weighted by atomic mass is 19.3. The van der Waals surface area contributed by atoms with Gasteiger partial charge in [-0.3, -0.25) is 14.4 Å². The Morgan fingerprint density at radius 1 is 1.34 bits per heavy atom. The molecule has 0 radical (unpaired) electrons. The second-order valence-electron chi connectivity index (χ2n) is 8.56. The Balaban J connectivity index is 1.71. The Bertz CT molecular complexity index is 935. The second-order valence-corrected chi connectivity index (χ2v) is 8.56. The van der Waals surface area contributed by atoms with E-state index < -0.39 is 54.3 Å². The Hall–Kier alpha value is -3.01. The van der Waals surface area contributed by atoms with Gasteiger partial charge in [0, 0.05) is 24.3 Å². The third-order valence-corrected chi connectivity index (χ3v) is 6.11. The minimum atomic E-state index is -3.35. The van der Waals surface area contributed by atoms with Crippen LogP contribution in [0.4, 0.5) is 14.5 Å². The lowest BCUT2D eigenvalue weighted by Gasteiger charge is -2.33. The first-order valence-electron chi connectivity index (χ1n) is 10.4. The number of carbonyl (C=O) groups excluding carboxylic acids is 3. The van der Waals surface area contributed by atoms with E-state index in [4.69, 9.17) is 0 Å². The lowest BCUT2D eigenvalue weighted by molar-refractivity contribution is -0.146. The van der Waals surface area contributed by atoms with Gasteiger partial charge in [-0.2, -0.15) is 0 Å². The molecule has 2 aliphatic heterocycles. The SMILES string of the molecule is C=CCNC(=O)[C@H]1N(C(=O)[C@@H](O)CNC(=O)c2cccc3c2CCN3)CC(F)(F)C1(C)C. The number of rotatable bonds is 7. The van der Waals surface area contributed by atoms with Crippen molar-refractivity contribution in [3.63, 3.8) is 0 Å². The number of amides is 3. The van der Waals surface area contributed by atoms with Gasteiger partial charge in [-0.15, -0.1) is 6.58 Å². The van der Waals surface area contributed by atoms with Gasteiger partial charge in [0.2, 0.25) is 5.91 Å². The van der Waals surface area contributed by atoms with Gasteiger partial charge in [0.25, 0.3) is 17.7 Å². The van der Waals surface area contributed by atoms with Crippen LogP contribution in [0.25, 0.3) is 0 Å². The summed E-state index contributed by atoms with van der Waals surface area (Å²) < 4.78 is 29.3. The Morgan fingerprint density at radius 3 is 2.75 bits per heavy atom. The molecular formula is C22H28F2N4O4. The lowest BCUT2D eigenvalue weighted by atomic mass is 9.81. The van der Waals surface area contributed by atoms with Crippen molar-refractivity contribution in [3.05, 3.63) is 42.0 Å². The maximum absolute atomic E-state index is 14.6. The number of nitrogens with zero attached hydrogens (tertiary/aromatic N) is 1. The number of nitrogens with one attached hydrogen (secondary N) is 3. The van der Waals surface area contributed by atoms with Crippen molar-refractivity contribution in [1.82, 2.24) is 15.5 Å². The molecule has 1 aromatic carbocycles. The number of fused-ring (bicyclic) bond motifs is 1. The first-order chi connectivity index (χ1) is 15.0. The molecule has 1 fully saturated rings. The molecule has 174 valence electrons. The highest BCUT2D eigenvalue weighted by Crippen LogP contribution is 2.48. The summed E-state index contributed by atoms with van der Waals surface area (Å²) in [4.78, 5) is 38.7. The summed E-state index contributed by atoms with van der Waals surface area (Å²) >= 11 is 0. The third-order valence-electron chi connectivity index (χ3n) is 6.11. The zero-order valence-corrected chi connectivity index (χ0v) is 18.1. The molecule has 0 aromatic heterocycles. The van der Waals surface area contributed by atoms with E-state index in [-0.39, 0.29) is 6.54 Å². The summed E-state index contributed by atoms with van der Waals surface area (Å²) in [7, 11) is 0. The summed E-state index contributed by atoms with van der Waals surface area (Å²) in [5.74, 6) is -5.64. The van der Waals surface area contributed by atoms with Crippen LogP contribution in [0, 0.1) is 5.41 Å². The summed E-state index contributed by atoms with van der Waals surface area (Å²) in [6.07, 6.45) is 0.276. The van der Waals surface area contributed by atoms with E-state index in [9.17, 15) is 28.3 Å². The third kappa shape index (κ3) is 4.19. The minimum Gasteiger partial charge on any atom is -0.384 e. The Morgan fingerprint density at radius 2 is 2.06 bits per heavy atom. The van der Waals surface area contributed by atoms with Gasteiger partial charge in [-0.05, 0) is 24.1 Å². The van der Waals surface area contributed by atoms with Gasteiger partial charge in [0.1, 0.15) is 12.1 Å². The van der Waals surface area contributed by atoms with Gasteiger partial charge in [0.05, 0.1) is 18.5 Å². The van der Waals surface area contributed by atoms with Crippen LogP contribution in [0.3, 0.4) is 0 Å². The predicted molar refractivity (Wildman–Crippen MR) is 114 cm³/mol. The number of anilines is 1. The molecule has 0 unspecified atom stereocenters. The number of hydrogen-bond acceptors (Lipinski definition) is 5. The second kappa shape index (κ2) is 8.85. The molecule has 32 heavy (non-hydrogen) atoms. The normalized spacial score (nSPS) is 21.3. The van der Waals surface area contributed by atoms with Crippen LogP contribution >= 0.6 is 0 Å². The van der Waals surface area contributed by atoms with Crippen LogP contribution < -0.4 is 16.0 Å². The van der Waals surface area contributed by atoms with Crippen molar-refractivity contribution >= 4 is 23.4 Å². The van der Waals surface area contributed by atoms with Gasteiger partial charge in [-0.1, -0.05) is 26.0 Å². The average Bonchev–Trinajstić information content (AvgIpc) is 3.29. The van der Waals surface area contributed by atoms with E-state index >= 15 is 0 Å². The maximum atomic E-state index is 14.6. The Labute approximate surface area is 185 Å². The average molecular weight is 450 g/mol. The fourth-order valence-corrected chi connectivity index (χ4v) is 4.16. The number of alkyl halides is 2. The number of carbonyl (C=O) groups is 3. The fourth-order valence-electron chi connectivity index (χ4n) is 4.16. The molecule has 10 heteroatoms. The topological polar surface area (TPSA) is 111 Å². The fraction of sp³-hybridized carbons (Fsp3) is 0.500. The first-order valence-corrected chi connectivity index (χ1v) is 10.4. The van der Waals surface area contributed by atoms with Gasteiger partial charge in [-0.25, -0.2) is 8.78 Å². The predicted octanol–water partition coefficient (Wildman–Crippen LogP) is 0.920. The smallest absolute Gasteiger partial charge is 0.272 e. The van der Waals surface area contributed by atoms with Crippen LogP contribution in [-0.2, 0) is 16.0 Å². The largest absolute Gasteiger partial charge is 0.384 e. The maximum Gasteiger partial charge on any atom is 0.272 e. The van der Waals surface area contributed by atoms with Crippen molar-refractivity contribution in [3.8, 4) is 0 Å². The van der Waals surface area contributed by atoms with Crippen molar-refractivity contribution in [2.75, 3.05) is 31.5 Å². The van der Waals surface area contributed by atoms with E-state index in [2.05, 4.69) is 22.5 Å². The number of halogens is 2. The van der Waals surface area contributed by atoms with Crippen molar-refractivity contribution < 1.29 is 28.3 Å². The minimum absolute atomic E-state index is 0.0495. The lowest BCUT2D eigenvalue weighted by Crippen LogP contribution is -2.55. The molecule has 1 saturated heterocycles. The molecule has 2 atom stereocenters. The van der Waals surface area contributed by atoms with E-state index in [0.29, 0.717) is 23.4 Å². The molecule has 3 rings (SSSR count). The molecule has 0 bridgehead atoms. The molecule has 0 aliphatic carbocycles. The monoisotopic (exact) mass is 450 g/mol. The van der Waals surface area contributed by atoms with Crippen LogP contribution in [0.15, 0.2) is 30.9 Å². The molecule has 1 aromatic rings. The van der Waals surface area contributed by atoms with E-state index in [0.717, 1.165) is 11.3 Å². The number of aliphatic hydroxyl groups excluding tert-OH is 1. The van der Waals surface area contributed by atoms with Gasteiger partial charge in [0.15, 0.2) is 0 Å². The summed E-state index contributed by atoms with van der Waals surface area (Å²) in [5.41, 5.74) is 0.256. The van der Waals surface area contributed by atoms with Crippen LogP contribution in [0.2, 0.25) is 0 Å². The first kappa shape index (κ1) is 23.6. The molecule has 4 N–H and O–H groups in total. The summed E-state index contributed by atoms with van der Waals surface area (Å²) in [6, 6.07) is 3.72. The number of aliphatic hydroxyl groups is 1. The Kier molecular flexibility index (Phi) is 6.54. The summed E-state index contributed by atoms with van der Waals surface area (Å²) in [5, 5.41) is 18.5. The van der Waals surface area contributed by atoms with Crippen LogP contribution in [0.1, 0.15) is 29.8 Å². The van der Waals surface area contributed by atoms with Crippen molar-refractivity contribution in [1.29, 1.82) is 0 Å². The molecule has 3 amide bonds. The van der Waals surface area contributed by atoms with Crippen molar-refractivity contribution in [2.24, 2.45) is 5.41 Å². The molecule has 0 spiro atoms. The van der Waals surface area contributed by atoms with E-state index in [1.807, 2.05) is 6.07 Å². The molecule has 0 saturated carbocycles. The van der Waals surface area contributed by atoms with Gasteiger partial charge >= 0.3 is 0 Å². The zero-order valence-electron chi connectivity index (χ0n) is 18.1. The number of benzene rings is 1. The molecular weight excluding hydrogens is 422 g/mol. The van der Waals surface area contributed by atoms with Gasteiger partial charge < -0.3 is 26.0 Å². The molecule has 2 heterocycles. The molecule has 8 nitrogen and oxygen atoms in total. The quantitative estimate of drug-likeness (QED) is 0.462. The number of likely N-dealkylation sites (tertiary alicyclic amines) is 1. The molecule has 2 aliphatic rings. The van der Waals surface area contributed by atoms with Crippen LogP contribution in [0.5, 0.6) is 0 Å². The summed E-state index contributed by atoms with van der Waals surface area (Å²) in [6.45, 7) is 5.15. The van der Waals surface area contributed by atoms with Crippen LogP contribution in [-0.4, -0.2) is 72.0 Å². The van der Waals surface area contributed by atoms with Crippen molar-refractivity contribution in [2.45, 2.75) is 38.3 Å².